The first-order valence-corrected chi connectivity index (χ1v) is 7.38. The molecule has 5 heteroatoms. The van der Waals surface area contributed by atoms with Crippen LogP contribution in [0.5, 0.6) is 5.75 Å². The highest BCUT2D eigenvalue weighted by Gasteiger charge is 2.40. The molecule has 2 aromatic rings. The van der Waals surface area contributed by atoms with Crippen molar-refractivity contribution in [2.45, 2.75) is 32.1 Å². The molecule has 21 heavy (non-hydrogen) atoms. The van der Waals surface area contributed by atoms with E-state index in [4.69, 9.17) is 4.74 Å². The van der Waals surface area contributed by atoms with Crippen molar-refractivity contribution in [2.24, 2.45) is 11.8 Å². The Hall–Kier alpha value is -2.04. The third-order valence-electron chi connectivity index (χ3n) is 4.61. The van der Waals surface area contributed by atoms with Crippen LogP contribution in [0.2, 0.25) is 0 Å². The number of methoxy groups -OCH3 is 1. The zero-order valence-electron chi connectivity index (χ0n) is 12.3. The van der Waals surface area contributed by atoms with Crippen LogP contribution in [-0.2, 0) is 4.79 Å². The van der Waals surface area contributed by atoms with E-state index < -0.39 is 5.97 Å². The Morgan fingerprint density at radius 2 is 2.29 bits per heavy atom. The highest BCUT2D eigenvalue weighted by Crippen LogP contribution is 2.44. The third-order valence-corrected chi connectivity index (χ3v) is 4.61. The Kier molecular flexibility index (Phi) is 3.57. The zero-order valence-corrected chi connectivity index (χ0v) is 12.3. The number of fused-ring (bicyclic) bond motifs is 1. The molecule has 5 nitrogen and oxygen atoms in total. The number of aliphatic carboxylic acids is 1. The number of imidazole rings is 1. The van der Waals surface area contributed by atoms with Crippen molar-refractivity contribution < 1.29 is 14.6 Å². The SMILES string of the molecule is CCC1CC(C(=O)O)C(c2nc3ccc(OC)cc3[nH]2)C1. The summed E-state index contributed by atoms with van der Waals surface area (Å²) < 4.78 is 5.21. The van der Waals surface area contributed by atoms with E-state index in [1.807, 2.05) is 18.2 Å². The molecule has 0 amide bonds. The van der Waals surface area contributed by atoms with Crippen LogP contribution in [-0.4, -0.2) is 28.2 Å². The second-order valence-electron chi connectivity index (χ2n) is 5.80. The van der Waals surface area contributed by atoms with E-state index in [-0.39, 0.29) is 11.8 Å². The van der Waals surface area contributed by atoms with E-state index in [2.05, 4.69) is 16.9 Å². The van der Waals surface area contributed by atoms with Crippen LogP contribution in [0.3, 0.4) is 0 Å². The Labute approximate surface area is 123 Å². The third kappa shape index (κ3) is 2.48. The van der Waals surface area contributed by atoms with E-state index in [1.165, 1.54) is 0 Å². The summed E-state index contributed by atoms with van der Waals surface area (Å²) in [5, 5.41) is 9.45. The molecule has 1 aromatic heterocycles. The molecule has 112 valence electrons. The molecule has 1 aromatic carbocycles. The molecule has 1 fully saturated rings. The van der Waals surface area contributed by atoms with Gasteiger partial charge in [0.15, 0.2) is 0 Å². The first-order valence-electron chi connectivity index (χ1n) is 7.38. The van der Waals surface area contributed by atoms with Gasteiger partial charge < -0.3 is 14.8 Å². The predicted octanol–water partition coefficient (Wildman–Crippen LogP) is 3.18. The van der Waals surface area contributed by atoms with Crippen LogP contribution in [0, 0.1) is 11.8 Å². The highest BCUT2D eigenvalue weighted by molar-refractivity contribution is 5.77. The lowest BCUT2D eigenvalue weighted by Gasteiger charge is -2.12. The van der Waals surface area contributed by atoms with Crippen molar-refractivity contribution in [3.05, 3.63) is 24.0 Å². The van der Waals surface area contributed by atoms with Gasteiger partial charge in [0.1, 0.15) is 11.6 Å². The fourth-order valence-electron chi connectivity index (χ4n) is 3.36. The first kappa shape index (κ1) is 13.9. The van der Waals surface area contributed by atoms with Crippen molar-refractivity contribution in [1.82, 2.24) is 9.97 Å². The molecular weight excluding hydrogens is 268 g/mol. The van der Waals surface area contributed by atoms with Gasteiger partial charge in [-0.25, -0.2) is 4.98 Å². The Morgan fingerprint density at radius 1 is 1.48 bits per heavy atom. The molecule has 0 bridgehead atoms. The van der Waals surface area contributed by atoms with Crippen molar-refractivity contribution in [3.63, 3.8) is 0 Å². The number of hydrogen-bond acceptors (Lipinski definition) is 3. The summed E-state index contributed by atoms with van der Waals surface area (Å²) in [4.78, 5) is 19.4. The monoisotopic (exact) mass is 288 g/mol. The van der Waals surface area contributed by atoms with Gasteiger partial charge in [0.25, 0.3) is 0 Å². The molecule has 2 N–H and O–H groups in total. The predicted molar refractivity (Wildman–Crippen MR) is 79.5 cm³/mol. The number of nitrogens with zero attached hydrogens (tertiary/aromatic N) is 1. The largest absolute Gasteiger partial charge is 0.497 e. The molecule has 3 atom stereocenters. The number of aromatic nitrogens is 2. The fraction of sp³-hybridized carbons (Fsp3) is 0.500. The van der Waals surface area contributed by atoms with Gasteiger partial charge in [0, 0.05) is 12.0 Å². The minimum Gasteiger partial charge on any atom is -0.497 e. The van der Waals surface area contributed by atoms with Crippen LogP contribution < -0.4 is 4.74 Å². The molecule has 0 saturated heterocycles. The smallest absolute Gasteiger partial charge is 0.307 e. The fourth-order valence-corrected chi connectivity index (χ4v) is 3.36. The van der Waals surface area contributed by atoms with Crippen LogP contribution in [0.15, 0.2) is 18.2 Å². The molecule has 1 heterocycles. The number of carboxylic acid groups (broad SMARTS) is 1. The molecule has 1 saturated carbocycles. The molecular formula is C16H20N2O3. The number of carbonyl (C=O) groups is 1. The summed E-state index contributed by atoms with van der Waals surface area (Å²) in [5.74, 6) is 0.961. The number of benzene rings is 1. The molecule has 1 aliphatic carbocycles. The lowest BCUT2D eigenvalue weighted by molar-refractivity contribution is -0.142. The second kappa shape index (κ2) is 5.39. The average Bonchev–Trinajstić information content (AvgIpc) is 3.09. The van der Waals surface area contributed by atoms with Gasteiger partial charge >= 0.3 is 5.97 Å². The van der Waals surface area contributed by atoms with Gasteiger partial charge in [-0.3, -0.25) is 4.79 Å². The topological polar surface area (TPSA) is 75.2 Å². The Balaban J connectivity index is 1.96. The van der Waals surface area contributed by atoms with Crippen molar-refractivity contribution in [1.29, 1.82) is 0 Å². The minimum absolute atomic E-state index is 0.0224. The summed E-state index contributed by atoms with van der Waals surface area (Å²) in [6, 6.07) is 5.66. The van der Waals surface area contributed by atoms with Crippen LogP contribution in [0.4, 0.5) is 0 Å². The van der Waals surface area contributed by atoms with Gasteiger partial charge in [-0.05, 0) is 30.9 Å². The molecule has 3 unspecified atom stereocenters. The van der Waals surface area contributed by atoms with Gasteiger partial charge in [-0.15, -0.1) is 0 Å². The van der Waals surface area contributed by atoms with Gasteiger partial charge in [0.2, 0.25) is 0 Å². The number of rotatable bonds is 4. The minimum atomic E-state index is -0.714. The van der Waals surface area contributed by atoms with E-state index in [1.54, 1.807) is 7.11 Å². The van der Waals surface area contributed by atoms with Crippen LogP contribution in [0.25, 0.3) is 11.0 Å². The average molecular weight is 288 g/mol. The number of nitrogens with one attached hydrogen (secondary N) is 1. The van der Waals surface area contributed by atoms with E-state index in [0.717, 1.165) is 41.9 Å². The standard InChI is InChI=1S/C16H20N2O3/c1-3-9-6-11(12(7-9)16(19)20)15-17-13-5-4-10(21-2)8-14(13)18-15/h4-5,8-9,11-12H,3,6-7H2,1-2H3,(H,17,18)(H,19,20). The van der Waals surface area contributed by atoms with E-state index in [0.29, 0.717) is 5.92 Å². The van der Waals surface area contributed by atoms with Crippen molar-refractivity contribution in [2.75, 3.05) is 7.11 Å². The summed E-state index contributed by atoms with van der Waals surface area (Å²) in [5.41, 5.74) is 1.75. The van der Waals surface area contributed by atoms with E-state index in [9.17, 15) is 9.90 Å². The summed E-state index contributed by atoms with van der Waals surface area (Å²) in [7, 11) is 1.63. The second-order valence-corrected chi connectivity index (χ2v) is 5.80. The molecule has 0 aliphatic heterocycles. The summed E-state index contributed by atoms with van der Waals surface area (Å²) in [6.07, 6.45) is 2.66. The molecule has 0 radical (unpaired) electrons. The highest BCUT2D eigenvalue weighted by atomic mass is 16.5. The van der Waals surface area contributed by atoms with E-state index >= 15 is 0 Å². The van der Waals surface area contributed by atoms with Crippen molar-refractivity contribution >= 4 is 17.0 Å². The Morgan fingerprint density at radius 3 is 2.95 bits per heavy atom. The number of ether oxygens (including phenoxy) is 1. The zero-order chi connectivity index (χ0) is 15.0. The summed E-state index contributed by atoms with van der Waals surface area (Å²) >= 11 is 0. The molecule has 3 rings (SSSR count). The maximum atomic E-state index is 11.5. The van der Waals surface area contributed by atoms with Crippen LogP contribution in [0.1, 0.15) is 37.9 Å². The molecule has 0 spiro atoms. The van der Waals surface area contributed by atoms with Gasteiger partial charge in [-0.1, -0.05) is 13.3 Å². The maximum absolute atomic E-state index is 11.5. The number of carboxylic acids is 1. The number of H-pyrrole nitrogens is 1. The lowest BCUT2D eigenvalue weighted by Crippen LogP contribution is -2.17. The number of hydrogen-bond donors (Lipinski definition) is 2. The summed E-state index contributed by atoms with van der Waals surface area (Å²) in [6.45, 7) is 2.12. The van der Waals surface area contributed by atoms with Gasteiger partial charge in [-0.2, -0.15) is 0 Å². The lowest BCUT2D eigenvalue weighted by atomic mass is 9.96. The quantitative estimate of drug-likeness (QED) is 0.906. The van der Waals surface area contributed by atoms with Gasteiger partial charge in [0.05, 0.1) is 24.1 Å². The van der Waals surface area contributed by atoms with Crippen LogP contribution >= 0.6 is 0 Å². The number of aromatic amines is 1. The normalized spacial score (nSPS) is 25.3. The Bertz CT molecular complexity index is 665. The molecule has 1 aliphatic rings. The van der Waals surface area contributed by atoms with Crippen molar-refractivity contribution in [3.8, 4) is 5.75 Å². The maximum Gasteiger partial charge on any atom is 0.307 e. The first-order chi connectivity index (χ1) is 10.1.